The number of carbonyl (C=O) groups is 3. The molecule has 1 unspecified atom stereocenters. The highest BCUT2D eigenvalue weighted by Gasteiger charge is 2.31. The maximum atomic E-state index is 12.4. The minimum Gasteiger partial charge on any atom is -0.491 e. The van der Waals surface area contributed by atoms with Crippen LogP contribution in [0.4, 0.5) is 4.79 Å². The second-order valence-corrected chi connectivity index (χ2v) is 10.0. The van der Waals surface area contributed by atoms with Gasteiger partial charge < -0.3 is 28.7 Å². The summed E-state index contributed by atoms with van der Waals surface area (Å²) in [4.78, 5) is 35.5. The van der Waals surface area contributed by atoms with Crippen LogP contribution < -0.4 is 15.4 Å². The third kappa shape index (κ3) is 7.23. The molecule has 1 fully saturated rings. The molecule has 3 aromatic rings. The van der Waals surface area contributed by atoms with Gasteiger partial charge in [0, 0.05) is 23.9 Å². The van der Waals surface area contributed by atoms with E-state index in [1.54, 1.807) is 6.26 Å². The maximum Gasteiger partial charge on any atom is 0.407 e. The number of alkyl carbamates (subject to hydrolysis) is 1. The van der Waals surface area contributed by atoms with Gasteiger partial charge in [0.2, 0.25) is 11.8 Å². The number of fused-ring (bicyclic) bond motifs is 3. The number of ether oxygens (including phenoxy) is 4. The second-order valence-electron chi connectivity index (χ2n) is 10.0. The lowest BCUT2D eigenvalue weighted by Crippen LogP contribution is -2.39. The van der Waals surface area contributed by atoms with Gasteiger partial charge in [-0.2, -0.15) is 0 Å². The number of rotatable bonds is 11. The van der Waals surface area contributed by atoms with E-state index < -0.39 is 17.6 Å². The van der Waals surface area contributed by atoms with Crippen molar-refractivity contribution in [3.05, 3.63) is 42.2 Å². The fourth-order valence-corrected chi connectivity index (χ4v) is 4.29. The van der Waals surface area contributed by atoms with Gasteiger partial charge in [0.1, 0.15) is 23.5 Å². The Morgan fingerprint density at radius 3 is 2.58 bits per heavy atom. The monoisotopic (exact) mass is 526 g/mol. The highest BCUT2D eigenvalue weighted by Crippen LogP contribution is 2.37. The van der Waals surface area contributed by atoms with E-state index in [1.807, 2.05) is 51.1 Å². The van der Waals surface area contributed by atoms with Crippen LogP contribution in [0.1, 0.15) is 45.1 Å². The Balaban J connectivity index is 1.21. The van der Waals surface area contributed by atoms with Crippen LogP contribution in [0.3, 0.4) is 0 Å². The van der Waals surface area contributed by atoms with Crippen LogP contribution in [0.5, 0.6) is 5.75 Å². The molecule has 10 nitrogen and oxygen atoms in total. The van der Waals surface area contributed by atoms with Crippen molar-refractivity contribution in [3.63, 3.8) is 0 Å². The average molecular weight is 527 g/mol. The SMILES string of the molecule is CC(C)(C)OC(=O)NCCOCCOCCOc1ccc2c(ccc3occ(C4CCC(=O)NC4=O)c32)c1. The molecule has 204 valence electrons. The lowest BCUT2D eigenvalue weighted by molar-refractivity contribution is -0.134. The number of furan rings is 1. The molecule has 38 heavy (non-hydrogen) atoms. The summed E-state index contributed by atoms with van der Waals surface area (Å²) in [6, 6.07) is 9.61. The molecule has 0 radical (unpaired) electrons. The van der Waals surface area contributed by atoms with Crippen molar-refractivity contribution in [2.45, 2.75) is 45.1 Å². The summed E-state index contributed by atoms with van der Waals surface area (Å²) >= 11 is 0. The number of piperidine rings is 1. The summed E-state index contributed by atoms with van der Waals surface area (Å²) in [5, 5.41) is 7.85. The van der Waals surface area contributed by atoms with Crippen LogP contribution in [-0.2, 0) is 23.8 Å². The summed E-state index contributed by atoms with van der Waals surface area (Å²) in [7, 11) is 0. The zero-order valence-corrected chi connectivity index (χ0v) is 22.0. The number of hydrogen-bond donors (Lipinski definition) is 2. The summed E-state index contributed by atoms with van der Waals surface area (Å²) in [6.07, 6.45) is 1.93. The van der Waals surface area contributed by atoms with Crippen molar-refractivity contribution in [2.24, 2.45) is 0 Å². The summed E-state index contributed by atoms with van der Waals surface area (Å²) in [6.45, 7) is 7.75. The molecule has 1 aliphatic rings. The molecule has 2 aromatic carbocycles. The fraction of sp³-hybridized carbons (Fsp3) is 0.464. The quantitative estimate of drug-likeness (QED) is 0.283. The van der Waals surface area contributed by atoms with Crippen molar-refractivity contribution in [2.75, 3.05) is 39.6 Å². The van der Waals surface area contributed by atoms with Gasteiger partial charge in [-0.1, -0.05) is 6.07 Å². The molecular formula is C28H34N2O8. The first-order valence-corrected chi connectivity index (χ1v) is 12.7. The zero-order chi connectivity index (χ0) is 27.1. The smallest absolute Gasteiger partial charge is 0.407 e. The normalized spacial score (nSPS) is 16.0. The van der Waals surface area contributed by atoms with E-state index in [9.17, 15) is 14.4 Å². The molecule has 0 aliphatic carbocycles. The Morgan fingerprint density at radius 1 is 1.05 bits per heavy atom. The molecular weight excluding hydrogens is 492 g/mol. The number of amides is 3. The first-order chi connectivity index (χ1) is 18.2. The maximum absolute atomic E-state index is 12.4. The molecule has 4 rings (SSSR count). The second kappa shape index (κ2) is 12.3. The van der Waals surface area contributed by atoms with E-state index in [0.29, 0.717) is 63.8 Å². The van der Waals surface area contributed by atoms with Crippen LogP contribution >= 0.6 is 0 Å². The van der Waals surface area contributed by atoms with Crippen molar-refractivity contribution in [1.82, 2.24) is 10.6 Å². The summed E-state index contributed by atoms with van der Waals surface area (Å²) < 4.78 is 27.7. The van der Waals surface area contributed by atoms with Gasteiger partial charge in [-0.3, -0.25) is 14.9 Å². The highest BCUT2D eigenvalue weighted by molar-refractivity contribution is 6.10. The Morgan fingerprint density at radius 2 is 1.82 bits per heavy atom. The minimum atomic E-state index is -0.527. The minimum absolute atomic E-state index is 0.241. The molecule has 0 bridgehead atoms. The predicted molar refractivity (Wildman–Crippen MR) is 140 cm³/mol. The lowest BCUT2D eigenvalue weighted by atomic mass is 9.89. The zero-order valence-electron chi connectivity index (χ0n) is 22.0. The van der Waals surface area contributed by atoms with Gasteiger partial charge in [-0.15, -0.1) is 0 Å². The van der Waals surface area contributed by atoms with Crippen LogP contribution in [0, 0.1) is 0 Å². The van der Waals surface area contributed by atoms with Crippen LogP contribution in [0.25, 0.3) is 21.7 Å². The highest BCUT2D eigenvalue weighted by atomic mass is 16.6. The molecule has 3 amide bonds. The van der Waals surface area contributed by atoms with Gasteiger partial charge in [0.05, 0.1) is 38.6 Å². The molecule has 0 spiro atoms. The van der Waals surface area contributed by atoms with E-state index in [-0.39, 0.29) is 11.8 Å². The van der Waals surface area contributed by atoms with Gasteiger partial charge in [0.25, 0.3) is 0 Å². The van der Waals surface area contributed by atoms with E-state index in [0.717, 1.165) is 21.7 Å². The molecule has 1 aliphatic heterocycles. The largest absolute Gasteiger partial charge is 0.491 e. The van der Waals surface area contributed by atoms with Crippen LogP contribution in [-0.4, -0.2) is 63.1 Å². The Bertz CT molecular complexity index is 1290. The van der Waals surface area contributed by atoms with E-state index in [1.165, 1.54) is 0 Å². The molecule has 2 heterocycles. The van der Waals surface area contributed by atoms with E-state index >= 15 is 0 Å². The van der Waals surface area contributed by atoms with Crippen LogP contribution in [0.2, 0.25) is 0 Å². The van der Waals surface area contributed by atoms with Crippen molar-refractivity contribution >= 4 is 39.6 Å². The number of hydrogen-bond acceptors (Lipinski definition) is 8. The lowest BCUT2D eigenvalue weighted by Gasteiger charge is -2.20. The molecule has 1 aromatic heterocycles. The number of nitrogens with one attached hydrogen (secondary N) is 2. The number of benzene rings is 2. The van der Waals surface area contributed by atoms with Crippen molar-refractivity contribution in [1.29, 1.82) is 0 Å². The first-order valence-electron chi connectivity index (χ1n) is 12.7. The first kappa shape index (κ1) is 27.4. The average Bonchev–Trinajstić information content (AvgIpc) is 3.28. The molecule has 0 saturated carbocycles. The molecule has 2 N–H and O–H groups in total. The number of carbonyl (C=O) groups excluding carboxylic acids is 3. The van der Waals surface area contributed by atoms with Gasteiger partial charge in [-0.05, 0) is 62.2 Å². The third-order valence-corrected chi connectivity index (χ3v) is 5.95. The van der Waals surface area contributed by atoms with Gasteiger partial charge in [-0.25, -0.2) is 4.79 Å². The van der Waals surface area contributed by atoms with E-state index in [2.05, 4.69) is 10.6 Å². The topological polar surface area (TPSA) is 125 Å². The summed E-state index contributed by atoms with van der Waals surface area (Å²) in [5.41, 5.74) is 0.962. The Hall–Kier alpha value is -3.63. The molecule has 1 atom stereocenters. The fourth-order valence-electron chi connectivity index (χ4n) is 4.29. The summed E-state index contributed by atoms with van der Waals surface area (Å²) in [5.74, 6) is -0.243. The molecule has 1 saturated heterocycles. The predicted octanol–water partition coefficient (Wildman–Crippen LogP) is 4.04. The van der Waals surface area contributed by atoms with E-state index in [4.69, 9.17) is 23.4 Å². The molecule has 10 heteroatoms. The Kier molecular flexibility index (Phi) is 8.85. The third-order valence-electron chi connectivity index (χ3n) is 5.95. The van der Waals surface area contributed by atoms with Crippen LogP contribution in [0.15, 0.2) is 41.0 Å². The van der Waals surface area contributed by atoms with Crippen molar-refractivity contribution < 1.29 is 37.7 Å². The van der Waals surface area contributed by atoms with Crippen molar-refractivity contribution in [3.8, 4) is 5.75 Å². The number of imide groups is 1. The Labute approximate surface area is 220 Å². The van der Waals surface area contributed by atoms with Gasteiger partial charge in [0.15, 0.2) is 0 Å². The van der Waals surface area contributed by atoms with Gasteiger partial charge >= 0.3 is 6.09 Å². The standard InChI is InChI=1S/C28H34N2O8/c1-28(2,3)38-27(33)29-10-11-34-12-13-35-14-15-36-19-5-6-20-18(16-19)4-8-23-25(20)22(17-37-23)21-7-9-24(31)30-26(21)32/h4-6,8,16-17,21H,7,9-15H2,1-3H3,(H,29,33)(H,30,31,32).